The van der Waals surface area contributed by atoms with Crippen molar-refractivity contribution in [3.63, 3.8) is 0 Å². The lowest BCUT2D eigenvalue weighted by Gasteiger charge is -2.32. The molecule has 0 radical (unpaired) electrons. The number of para-hydroxylation sites is 1. The number of nitrogens with zero attached hydrogens (tertiary/aromatic N) is 3. The van der Waals surface area contributed by atoms with E-state index in [9.17, 15) is 33.9 Å². The van der Waals surface area contributed by atoms with E-state index in [4.69, 9.17) is 22.9 Å². The summed E-state index contributed by atoms with van der Waals surface area (Å²) in [5, 5.41) is 27.3. The number of aromatic nitrogens is 1. The van der Waals surface area contributed by atoms with E-state index in [1.807, 2.05) is 66.7 Å². The molecule has 346 valence electrons. The number of guanidine groups is 2. The number of benzene rings is 3. The molecule has 0 aliphatic carbocycles. The van der Waals surface area contributed by atoms with Crippen LogP contribution >= 0.6 is 0 Å². The largest absolute Gasteiger partial charge is 0.391 e. The van der Waals surface area contributed by atoms with Gasteiger partial charge in [-0.25, -0.2) is 0 Å². The van der Waals surface area contributed by atoms with Gasteiger partial charge < -0.3 is 64.5 Å². The molecule has 6 amide bonds. The molecule has 15 N–H and O–H groups in total. The van der Waals surface area contributed by atoms with Crippen molar-refractivity contribution in [1.82, 2.24) is 36.5 Å². The average molecular weight is 894 g/mol. The Morgan fingerprint density at radius 3 is 1.86 bits per heavy atom. The van der Waals surface area contributed by atoms with Gasteiger partial charge in [0.25, 0.3) is 0 Å². The van der Waals surface area contributed by atoms with Crippen LogP contribution in [-0.2, 0) is 41.6 Å². The molecule has 2 saturated heterocycles. The van der Waals surface area contributed by atoms with Crippen LogP contribution in [0.15, 0.2) is 82.9 Å². The monoisotopic (exact) mass is 893 g/mol. The van der Waals surface area contributed by atoms with Crippen LogP contribution in [0.25, 0.3) is 21.7 Å². The lowest BCUT2D eigenvalue weighted by atomic mass is 9.97. The highest BCUT2D eigenvalue weighted by molar-refractivity contribution is 5.99. The minimum Gasteiger partial charge on any atom is -0.391 e. The number of amides is 6. The molecule has 3 aromatic carbocycles. The van der Waals surface area contributed by atoms with E-state index in [1.54, 1.807) is 6.20 Å². The SMILES string of the molecule is C[C@@H](O)[C@@H]1NC(=O)[C@H]2CCCN2C(=O)[C@H](Cc2c[nH]c3ccccc23)NC(=O)[C@H](CCCN=C(N)N)NC(=O)[C@@H](CCCN=C(N)N)NC(=O)[C@H](Cc2cccc3ccccc23)NC1=O. The molecule has 2 aliphatic heterocycles. The predicted molar refractivity (Wildman–Crippen MR) is 246 cm³/mol. The molecule has 0 saturated carbocycles. The molecule has 1 aromatic heterocycles. The summed E-state index contributed by atoms with van der Waals surface area (Å²) in [6, 6.07) is 12.7. The molecule has 3 heterocycles. The van der Waals surface area contributed by atoms with Gasteiger partial charge in [0.1, 0.15) is 36.3 Å². The predicted octanol–water partition coefficient (Wildman–Crippen LogP) is -0.977. The maximum absolute atomic E-state index is 14.7. The fourth-order valence-electron chi connectivity index (χ4n) is 8.40. The van der Waals surface area contributed by atoms with E-state index >= 15 is 0 Å². The quantitative estimate of drug-likeness (QED) is 0.0440. The van der Waals surface area contributed by atoms with Crippen LogP contribution < -0.4 is 49.5 Å². The normalized spacial score (nSPS) is 23.0. The molecule has 20 nitrogen and oxygen atoms in total. The van der Waals surface area contributed by atoms with E-state index in [0.717, 1.165) is 21.7 Å². The van der Waals surface area contributed by atoms with Gasteiger partial charge in [-0.15, -0.1) is 0 Å². The number of carbonyl (C=O) groups excluding carboxylic acids is 6. The Hall–Kier alpha value is -7.22. The van der Waals surface area contributed by atoms with Gasteiger partial charge in [-0.1, -0.05) is 60.7 Å². The molecule has 0 spiro atoms. The van der Waals surface area contributed by atoms with Crippen molar-refractivity contribution in [1.29, 1.82) is 0 Å². The van der Waals surface area contributed by atoms with Crippen molar-refractivity contribution >= 4 is 69.0 Å². The number of hydrogen-bond donors (Lipinski definition) is 11. The number of carbonyl (C=O) groups is 6. The molecular weight excluding hydrogens is 835 g/mol. The third-order valence-electron chi connectivity index (χ3n) is 11.7. The second-order valence-electron chi connectivity index (χ2n) is 16.5. The third-order valence-corrected chi connectivity index (χ3v) is 11.7. The number of aliphatic hydroxyl groups is 1. The summed E-state index contributed by atoms with van der Waals surface area (Å²) in [5.41, 5.74) is 24.5. The summed E-state index contributed by atoms with van der Waals surface area (Å²) in [4.78, 5) is 99.2. The van der Waals surface area contributed by atoms with Gasteiger partial charge in [0.2, 0.25) is 35.4 Å². The van der Waals surface area contributed by atoms with Gasteiger partial charge in [0.05, 0.1) is 6.10 Å². The molecule has 4 aromatic rings. The van der Waals surface area contributed by atoms with E-state index in [1.165, 1.54) is 11.8 Å². The molecule has 65 heavy (non-hydrogen) atoms. The number of hydrogen-bond acceptors (Lipinski definition) is 9. The van der Waals surface area contributed by atoms with Gasteiger partial charge >= 0.3 is 0 Å². The van der Waals surface area contributed by atoms with Crippen molar-refractivity contribution in [2.45, 2.75) is 101 Å². The zero-order valence-corrected chi connectivity index (χ0v) is 36.3. The van der Waals surface area contributed by atoms with Crippen molar-refractivity contribution < 1.29 is 33.9 Å². The van der Waals surface area contributed by atoms with Crippen molar-refractivity contribution in [3.05, 3.63) is 84.1 Å². The maximum Gasteiger partial charge on any atom is 0.246 e. The minimum absolute atomic E-state index is 0.00396. The van der Waals surface area contributed by atoms with E-state index in [0.29, 0.717) is 17.5 Å². The van der Waals surface area contributed by atoms with Crippen molar-refractivity contribution in [2.24, 2.45) is 32.9 Å². The van der Waals surface area contributed by atoms with Crippen molar-refractivity contribution in [2.75, 3.05) is 19.6 Å². The number of nitrogens with one attached hydrogen (secondary N) is 6. The lowest BCUT2D eigenvalue weighted by molar-refractivity contribution is -0.143. The molecule has 6 rings (SSSR count). The van der Waals surface area contributed by atoms with Gasteiger partial charge in [-0.3, -0.25) is 38.8 Å². The first kappa shape index (κ1) is 47.3. The molecule has 0 bridgehead atoms. The Kier molecular flexibility index (Phi) is 15.9. The summed E-state index contributed by atoms with van der Waals surface area (Å²) in [7, 11) is 0. The first-order chi connectivity index (χ1) is 31.2. The van der Waals surface area contributed by atoms with Crippen LogP contribution in [0.3, 0.4) is 0 Å². The van der Waals surface area contributed by atoms with Gasteiger partial charge in [-0.2, -0.15) is 0 Å². The second-order valence-corrected chi connectivity index (χ2v) is 16.5. The summed E-state index contributed by atoms with van der Waals surface area (Å²) in [6.45, 7) is 1.71. The number of H-pyrrole nitrogens is 1. The van der Waals surface area contributed by atoms with Crippen molar-refractivity contribution in [3.8, 4) is 0 Å². The van der Waals surface area contributed by atoms with Crippen LogP contribution in [0, 0.1) is 0 Å². The van der Waals surface area contributed by atoms with E-state index in [2.05, 4.69) is 41.6 Å². The standard InChI is InChI=1S/C45H59N13O7/c1-25(59)37-42(64)55-34(22-27-12-6-11-26-10-2-3-13-29(26)27)40(62)54-32(16-7-19-50-44(46)47)38(60)53-33(17-8-20-51-45(48)49)39(61)56-35(23-28-24-52-31-15-5-4-14-30(28)31)43(65)58-21-9-18-36(58)41(63)57-37/h2-6,10-15,24-25,32-37,52,59H,7-9,16-23H2,1H3,(H,53,60)(H,54,62)(H,55,64)(H,56,61)(H,57,63)(H4,46,47,50)(H4,48,49,51)/t25-,32-,33+,34+,35+,36-,37+/m1/s1. The van der Waals surface area contributed by atoms with Crippen LogP contribution in [0.4, 0.5) is 0 Å². The van der Waals surface area contributed by atoms with Gasteiger partial charge in [0.15, 0.2) is 11.9 Å². The Morgan fingerprint density at radius 1 is 0.662 bits per heavy atom. The maximum atomic E-state index is 14.7. The van der Waals surface area contributed by atoms with Crippen LogP contribution in [0.5, 0.6) is 0 Å². The number of aliphatic imine (C=N–C) groups is 2. The molecule has 20 heteroatoms. The zero-order valence-electron chi connectivity index (χ0n) is 36.3. The third kappa shape index (κ3) is 12.3. The number of aliphatic hydroxyl groups excluding tert-OH is 1. The Labute approximate surface area is 375 Å². The lowest BCUT2D eigenvalue weighted by Crippen LogP contribution is -2.63. The topological polar surface area (TPSA) is 331 Å². The molecular formula is C45H59N13O7. The first-order valence-electron chi connectivity index (χ1n) is 21.8. The fraction of sp³-hybridized carbons (Fsp3) is 0.422. The number of aromatic amines is 1. The van der Waals surface area contributed by atoms with Gasteiger partial charge in [0, 0.05) is 49.6 Å². The summed E-state index contributed by atoms with van der Waals surface area (Å²) in [6.07, 6.45) is 1.39. The molecule has 2 aliphatic rings. The Bertz CT molecular complexity index is 2420. The van der Waals surface area contributed by atoms with E-state index in [-0.39, 0.29) is 76.5 Å². The van der Waals surface area contributed by atoms with Gasteiger partial charge in [-0.05, 0) is 73.4 Å². The smallest absolute Gasteiger partial charge is 0.246 e. The highest BCUT2D eigenvalue weighted by atomic mass is 16.3. The summed E-state index contributed by atoms with van der Waals surface area (Å²) < 4.78 is 0. The Balaban J connectivity index is 1.41. The summed E-state index contributed by atoms with van der Waals surface area (Å²) in [5.74, 6) is -4.67. The average Bonchev–Trinajstić information content (AvgIpc) is 3.94. The number of fused-ring (bicyclic) bond motifs is 3. The first-order valence-corrected chi connectivity index (χ1v) is 21.8. The van der Waals surface area contributed by atoms with E-state index < -0.39 is 77.8 Å². The zero-order chi connectivity index (χ0) is 46.6. The summed E-state index contributed by atoms with van der Waals surface area (Å²) >= 11 is 0. The van der Waals surface area contributed by atoms with Crippen LogP contribution in [0.2, 0.25) is 0 Å². The van der Waals surface area contributed by atoms with Crippen LogP contribution in [0.1, 0.15) is 56.6 Å². The fourth-order valence-corrected chi connectivity index (χ4v) is 8.40. The number of rotatable bonds is 13. The number of nitrogens with two attached hydrogens (primary N) is 4. The highest BCUT2D eigenvalue weighted by Gasteiger charge is 2.41. The minimum atomic E-state index is -1.55. The second kappa shape index (κ2) is 21.9. The highest BCUT2D eigenvalue weighted by Crippen LogP contribution is 2.24. The Morgan fingerprint density at radius 2 is 1.22 bits per heavy atom. The van der Waals surface area contributed by atoms with Crippen LogP contribution in [-0.4, -0.2) is 124 Å². The molecule has 7 atom stereocenters. The molecule has 2 fully saturated rings. The molecule has 0 unspecified atom stereocenters.